The summed E-state index contributed by atoms with van der Waals surface area (Å²) in [6, 6.07) is 18.4. The fourth-order valence-electron chi connectivity index (χ4n) is 3.30. The van der Waals surface area contributed by atoms with Gasteiger partial charge in [0, 0.05) is 28.8 Å². The number of hydrogen-bond donors (Lipinski definition) is 1. The zero-order chi connectivity index (χ0) is 21.1. The number of nitrogens with zero attached hydrogens (tertiary/aromatic N) is 2. The first-order valence-corrected chi connectivity index (χ1v) is 9.29. The lowest BCUT2D eigenvalue weighted by Gasteiger charge is -2.14. The highest BCUT2D eigenvalue weighted by Gasteiger charge is 2.16. The highest BCUT2D eigenvalue weighted by molar-refractivity contribution is 6.05. The Balaban J connectivity index is 1.69. The van der Waals surface area contributed by atoms with E-state index in [2.05, 4.69) is 10.4 Å². The molecule has 0 atom stereocenters. The number of ether oxygens (including phenoxy) is 3. The molecule has 0 spiro atoms. The first-order chi connectivity index (χ1) is 14.6. The Labute approximate surface area is 173 Å². The third kappa shape index (κ3) is 3.53. The Morgan fingerprint density at radius 3 is 2.23 bits per heavy atom. The Hall–Kier alpha value is -4.00. The molecule has 4 rings (SSSR count). The molecule has 0 aliphatic rings. The molecular formula is C23H21N3O4. The smallest absolute Gasteiger partial charge is 0.255 e. The van der Waals surface area contributed by atoms with Crippen molar-refractivity contribution in [1.82, 2.24) is 9.78 Å². The van der Waals surface area contributed by atoms with Crippen LogP contribution in [0.5, 0.6) is 17.2 Å². The number of fused-ring (bicyclic) bond motifs is 1. The fraction of sp³-hybridized carbons (Fsp3) is 0.130. The quantitative estimate of drug-likeness (QED) is 0.519. The average molecular weight is 403 g/mol. The van der Waals surface area contributed by atoms with Gasteiger partial charge in [-0.3, -0.25) is 4.79 Å². The van der Waals surface area contributed by atoms with Crippen LogP contribution < -0.4 is 19.5 Å². The molecular weight excluding hydrogens is 382 g/mol. The van der Waals surface area contributed by atoms with Crippen molar-refractivity contribution in [3.8, 4) is 22.9 Å². The van der Waals surface area contributed by atoms with Crippen molar-refractivity contribution in [3.05, 3.63) is 72.4 Å². The molecule has 1 heterocycles. The number of carbonyl (C=O) groups excluding carboxylic acids is 1. The molecule has 1 amide bonds. The summed E-state index contributed by atoms with van der Waals surface area (Å²) in [7, 11) is 4.71. The predicted octanol–water partition coefficient (Wildman–Crippen LogP) is 4.30. The molecule has 0 unspecified atom stereocenters. The fourth-order valence-corrected chi connectivity index (χ4v) is 3.30. The van der Waals surface area contributed by atoms with Crippen molar-refractivity contribution in [2.24, 2.45) is 0 Å². The van der Waals surface area contributed by atoms with Crippen LogP contribution in [-0.2, 0) is 0 Å². The number of anilines is 1. The highest BCUT2D eigenvalue weighted by atomic mass is 16.5. The average Bonchev–Trinajstić information content (AvgIpc) is 3.21. The van der Waals surface area contributed by atoms with E-state index < -0.39 is 0 Å². The van der Waals surface area contributed by atoms with Crippen molar-refractivity contribution in [3.63, 3.8) is 0 Å². The van der Waals surface area contributed by atoms with Crippen molar-refractivity contribution in [2.45, 2.75) is 0 Å². The second-order valence-electron chi connectivity index (χ2n) is 6.53. The minimum Gasteiger partial charge on any atom is -0.493 e. The molecule has 4 aromatic rings. The monoisotopic (exact) mass is 403 g/mol. The van der Waals surface area contributed by atoms with Crippen molar-refractivity contribution < 1.29 is 19.0 Å². The van der Waals surface area contributed by atoms with Gasteiger partial charge in [0.25, 0.3) is 5.91 Å². The van der Waals surface area contributed by atoms with E-state index in [9.17, 15) is 4.79 Å². The Kier molecular flexibility index (Phi) is 5.26. The maximum absolute atomic E-state index is 12.4. The number of hydrogen-bond acceptors (Lipinski definition) is 5. The van der Waals surface area contributed by atoms with Crippen LogP contribution in [-0.4, -0.2) is 37.0 Å². The Morgan fingerprint density at radius 2 is 1.60 bits per heavy atom. The molecule has 0 aliphatic carbocycles. The minimum absolute atomic E-state index is 0.160. The molecule has 0 fully saturated rings. The molecule has 30 heavy (non-hydrogen) atoms. The lowest BCUT2D eigenvalue weighted by atomic mass is 10.2. The topological polar surface area (TPSA) is 74.6 Å². The molecule has 0 saturated carbocycles. The van der Waals surface area contributed by atoms with Gasteiger partial charge in [0.1, 0.15) is 0 Å². The van der Waals surface area contributed by atoms with Crippen LogP contribution in [0.15, 0.2) is 66.9 Å². The summed E-state index contributed by atoms with van der Waals surface area (Å²) in [6.07, 6.45) is 1.75. The summed E-state index contributed by atoms with van der Waals surface area (Å²) in [6.45, 7) is 0. The molecule has 0 aliphatic heterocycles. The van der Waals surface area contributed by atoms with E-state index in [0.717, 1.165) is 16.6 Å². The molecule has 0 saturated heterocycles. The predicted molar refractivity (Wildman–Crippen MR) is 115 cm³/mol. The van der Waals surface area contributed by atoms with Gasteiger partial charge in [-0.05, 0) is 30.3 Å². The molecule has 1 N–H and O–H groups in total. The summed E-state index contributed by atoms with van der Waals surface area (Å²) in [5, 5.41) is 8.30. The van der Waals surface area contributed by atoms with Crippen LogP contribution in [0.1, 0.15) is 10.4 Å². The van der Waals surface area contributed by atoms with Gasteiger partial charge in [0.15, 0.2) is 11.5 Å². The summed E-state index contributed by atoms with van der Waals surface area (Å²) in [5.74, 6) is 1.45. The second kappa shape index (κ2) is 8.16. The molecule has 7 heteroatoms. The van der Waals surface area contributed by atoms with Gasteiger partial charge in [-0.2, -0.15) is 5.10 Å². The van der Waals surface area contributed by atoms with Crippen molar-refractivity contribution in [1.29, 1.82) is 0 Å². The zero-order valence-corrected chi connectivity index (χ0v) is 16.9. The van der Waals surface area contributed by atoms with Gasteiger partial charge in [0.2, 0.25) is 5.75 Å². The van der Waals surface area contributed by atoms with E-state index >= 15 is 0 Å². The van der Waals surface area contributed by atoms with Gasteiger partial charge in [-0.1, -0.05) is 18.2 Å². The van der Waals surface area contributed by atoms with Gasteiger partial charge < -0.3 is 19.5 Å². The van der Waals surface area contributed by atoms with Crippen LogP contribution in [0, 0.1) is 0 Å². The number of benzene rings is 3. The van der Waals surface area contributed by atoms with Crippen LogP contribution in [0.4, 0.5) is 5.69 Å². The number of methoxy groups -OCH3 is 3. The molecule has 3 aromatic carbocycles. The molecule has 0 bridgehead atoms. The van der Waals surface area contributed by atoms with Gasteiger partial charge >= 0.3 is 0 Å². The molecule has 7 nitrogen and oxygen atoms in total. The van der Waals surface area contributed by atoms with Crippen LogP contribution >= 0.6 is 0 Å². The number of aromatic nitrogens is 2. The summed E-state index contributed by atoms with van der Waals surface area (Å²) in [5.41, 5.74) is 2.94. The lowest BCUT2D eigenvalue weighted by Crippen LogP contribution is -2.11. The zero-order valence-electron chi connectivity index (χ0n) is 16.9. The summed E-state index contributed by atoms with van der Waals surface area (Å²) in [4.78, 5) is 12.4. The maximum Gasteiger partial charge on any atom is 0.255 e. The number of amides is 1. The third-order valence-electron chi connectivity index (χ3n) is 4.76. The van der Waals surface area contributed by atoms with E-state index in [1.807, 2.05) is 48.5 Å². The van der Waals surface area contributed by atoms with Crippen LogP contribution in [0.3, 0.4) is 0 Å². The van der Waals surface area contributed by atoms with E-state index in [1.165, 1.54) is 0 Å². The van der Waals surface area contributed by atoms with Crippen LogP contribution in [0.2, 0.25) is 0 Å². The molecule has 1 aromatic heterocycles. The standard InChI is InChI=1S/C23H21N3O4/c1-28-20-12-18(13-21(29-2)22(20)30-3)26-19-10-9-17(11-16(19)14-24-26)25-23(27)15-7-5-4-6-8-15/h4-14H,1-3H3,(H,25,27). The van der Waals surface area contributed by atoms with Gasteiger partial charge in [-0.15, -0.1) is 0 Å². The Bertz CT molecular complexity index is 1180. The lowest BCUT2D eigenvalue weighted by molar-refractivity contribution is 0.102. The van der Waals surface area contributed by atoms with Crippen LogP contribution in [0.25, 0.3) is 16.6 Å². The minimum atomic E-state index is -0.160. The van der Waals surface area contributed by atoms with Gasteiger partial charge in [-0.25, -0.2) is 4.68 Å². The maximum atomic E-state index is 12.4. The van der Waals surface area contributed by atoms with Crippen molar-refractivity contribution in [2.75, 3.05) is 26.6 Å². The second-order valence-corrected chi connectivity index (χ2v) is 6.53. The Morgan fingerprint density at radius 1 is 0.900 bits per heavy atom. The third-order valence-corrected chi connectivity index (χ3v) is 4.76. The first kappa shape index (κ1) is 19.3. The normalized spacial score (nSPS) is 10.6. The number of rotatable bonds is 6. The largest absolute Gasteiger partial charge is 0.493 e. The van der Waals surface area contributed by atoms with Crippen molar-refractivity contribution >= 4 is 22.5 Å². The summed E-state index contributed by atoms with van der Waals surface area (Å²) >= 11 is 0. The summed E-state index contributed by atoms with van der Waals surface area (Å²) < 4.78 is 18.0. The number of nitrogens with one attached hydrogen (secondary N) is 1. The SMILES string of the molecule is COc1cc(-n2ncc3cc(NC(=O)c4ccccc4)ccc32)cc(OC)c1OC. The van der Waals surface area contributed by atoms with E-state index in [4.69, 9.17) is 14.2 Å². The van der Waals surface area contributed by atoms with Gasteiger partial charge in [0.05, 0.1) is 38.7 Å². The highest BCUT2D eigenvalue weighted by Crippen LogP contribution is 2.39. The number of carbonyl (C=O) groups is 1. The van der Waals surface area contributed by atoms with E-state index in [-0.39, 0.29) is 5.91 Å². The molecule has 152 valence electrons. The van der Waals surface area contributed by atoms with E-state index in [0.29, 0.717) is 28.5 Å². The van der Waals surface area contributed by atoms with E-state index in [1.54, 1.807) is 44.3 Å². The first-order valence-electron chi connectivity index (χ1n) is 9.29. The molecule has 0 radical (unpaired) electrons.